The Hall–Kier alpha value is -1.68. The van der Waals surface area contributed by atoms with Crippen molar-refractivity contribution in [3.05, 3.63) is 42.0 Å². The van der Waals surface area contributed by atoms with Crippen molar-refractivity contribution in [3.63, 3.8) is 0 Å². The molecular formula is C22H33N3O4S2. The summed E-state index contributed by atoms with van der Waals surface area (Å²) < 4.78 is 5.52. The second-order valence-corrected chi connectivity index (χ2v) is 8.95. The van der Waals surface area contributed by atoms with Gasteiger partial charge in [0.05, 0.1) is 13.2 Å². The number of nitrogens with zero attached hydrogens (tertiary/aromatic N) is 1. The summed E-state index contributed by atoms with van der Waals surface area (Å²) >= 11 is 5.75. The number of amides is 1. The van der Waals surface area contributed by atoms with Crippen molar-refractivity contribution < 1.29 is 19.4 Å². The van der Waals surface area contributed by atoms with E-state index in [-0.39, 0.29) is 17.9 Å². The largest absolute Gasteiger partial charge is 0.496 e. The molecule has 0 saturated carbocycles. The van der Waals surface area contributed by atoms with Gasteiger partial charge in [0, 0.05) is 30.8 Å². The van der Waals surface area contributed by atoms with Gasteiger partial charge in [-0.2, -0.15) is 24.4 Å². The molecule has 0 radical (unpaired) electrons. The summed E-state index contributed by atoms with van der Waals surface area (Å²) in [6, 6.07) is 6.36. The molecular weight excluding hydrogens is 434 g/mol. The lowest BCUT2D eigenvalue weighted by Gasteiger charge is -2.24. The van der Waals surface area contributed by atoms with Crippen LogP contribution in [0, 0.1) is 0 Å². The van der Waals surface area contributed by atoms with Crippen molar-refractivity contribution >= 4 is 36.3 Å². The van der Waals surface area contributed by atoms with Crippen LogP contribution in [0.4, 0.5) is 0 Å². The highest BCUT2D eigenvalue weighted by Gasteiger charge is 2.38. The van der Waals surface area contributed by atoms with Gasteiger partial charge in [-0.25, -0.2) is 4.79 Å². The number of thiol groups is 1. The molecule has 31 heavy (non-hydrogen) atoms. The molecule has 9 heteroatoms. The first-order chi connectivity index (χ1) is 14.9. The number of hydrogen-bond acceptors (Lipinski definition) is 7. The number of methoxy groups -OCH3 is 1. The molecule has 4 atom stereocenters. The number of carboxylic acids is 1. The lowest BCUT2D eigenvalue weighted by Crippen LogP contribution is -2.49. The molecule has 1 aromatic rings. The zero-order chi connectivity index (χ0) is 22.8. The summed E-state index contributed by atoms with van der Waals surface area (Å²) in [5.74, 6) is 0.850. The number of carboxylic acid groups (broad SMARTS) is 1. The number of benzene rings is 1. The Morgan fingerprint density at radius 1 is 1.45 bits per heavy atom. The number of nitrogens with one attached hydrogen (secondary N) is 1. The maximum absolute atomic E-state index is 13.1. The second-order valence-electron chi connectivity index (χ2n) is 7.60. The van der Waals surface area contributed by atoms with E-state index in [1.165, 1.54) is 0 Å². The van der Waals surface area contributed by atoms with Crippen LogP contribution in [0.1, 0.15) is 24.3 Å². The standard InChI is InChI=1S/C22H33N3O4S2/c1-29-20-8-4-3-7-17(20)15-12-19(25(13-15)10-5-6-16(23)14-30)21(26)24-18(22(27)28)9-11-31-2/h3-8,15-16,18-19,30H,9-14,23H2,1-2H3,(H,24,26)(H,27,28)/b6-5+/t15-,16+,18-,19-/m0/s1. The fraction of sp³-hybridized carbons (Fsp3) is 0.545. The summed E-state index contributed by atoms with van der Waals surface area (Å²) in [6.45, 7) is 1.22. The van der Waals surface area contributed by atoms with Gasteiger partial charge in [-0.15, -0.1) is 0 Å². The lowest BCUT2D eigenvalue weighted by atomic mass is 9.95. The fourth-order valence-electron chi connectivity index (χ4n) is 3.80. The van der Waals surface area contributed by atoms with Crippen LogP contribution < -0.4 is 15.8 Å². The van der Waals surface area contributed by atoms with E-state index in [0.717, 1.165) is 11.3 Å². The zero-order valence-electron chi connectivity index (χ0n) is 18.1. The first-order valence-corrected chi connectivity index (χ1v) is 12.4. The number of likely N-dealkylation sites (tertiary alicyclic amines) is 1. The minimum absolute atomic E-state index is 0.105. The van der Waals surface area contributed by atoms with E-state index in [1.807, 2.05) is 42.7 Å². The highest BCUT2D eigenvalue weighted by atomic mass is 32.2. The SMILES string of the molecule is COc1ccccc1[C@H]1C[C@@H](C(=O)N[C@@H](CCSC)C(=O)O)N(C/C=C/[C@@H](N)CS)C1. The van der Waals surface area contributed by atoms with Gasteiger partial charge in [0.15, 0.2) is 0 Å². The number of rotatable bonds is 12. The Bertz CT molecular complexity index is 762. The van der Waals surface area contributed by atoms with Crippen molar-refractivity contribution in [2.75, 3.05) is 38.0 Å². The molecule has 4 N–H and O–H groups in total. The molecule has 0 unspecified atom stereocenters. The van der Waals surface area contributed by atoms with Crippen LogP contribution in [-0.2, 0) is 9.59 Å². The van der Waals surface area contributed by atoms with E-state index >= 15 is 0 Å². The van der Waals surface area contributed by atoms with Gasteiger partial charge in [0.25, 0.3) is 0 Å². The summed E-state index contributed by atoms with van der Waals surface area (Å²) in [6.07, 6.45) is 6.74. The van der Waals surface area contributed by atoms with Gasteiger partial charge < -0.3 is 20.9 Å². The van der Waals surface area contributed by atoms with Crippen LogP contribution >= 0.6 is 24.4 Å². The van der Waals surface area contributed by atoms with Gasteiger partial charge in [0.1, 0.15) is 11.8 Å². The molecule has 0 aliphatic carbocycles. The summed E-state index contributed by atoms with van der Waals surface area (Å²) in [4.78, 5) is 26.8. The Kier molecular flexibility index (Phi) is 10.7. The minimum atomic E-state index is -1.01. The van der Waals surface area contributed by atoms with Gasteiger partial charge in [-0.1, -0.05) is 30.4 Å². The highest BCUT2D eigenvalue weighted by Crippen LogP contribution is 2.36. The van der Waals surface area contributed by atoms with Crippen molar-refractivity contribution in [1.29, 1.82) is 0 Å². The van der Waals surface area contributed by atoms with Crippen LogP contribution in [0.3, 0.4) is 0 Å². The second kappa shape index (κ2) is 13.0. The molecule has 1 saturated heterocycles. The Morgan fingerprint density at radius 3 is 2.84 bits per heavy atom. The van der Waals surface area contributed by atoms with Crippen LogP contribution in [0.2, 0.25) is 0 Å². The molecule has 1 aromatic carbocycles. The lowest BCUT2D eigenvalue weighted by molar-refractivity contribution is -0.142. The van der Waals surface area contributed by atoms with Gasteiger partial charge in [-0.05, 0) is 36.5 Å². The third kappa shape index (κ3) is 7.45. The van der Waals surface area contributed by atoms with E-state index in [1.54, 1.807) is 18.9 Å². The molecule has 1 aliphatic heterocycles. The van der Waals surface area contributed by atoms with Crippen molar-refractivity contribution in [2.45, 2.75) is 36.9 Å². The molecule has 1 aliphatic rings. The van der Waals surface area contributed by atoms with Gasteiger partial charge in [-0.3, -0.25) is 9.69 Å². The monoisotopic (exact) mass is 467 g/mol. The minimum Gasteiger partial charge on any atom is -0.496 e. The van der Waals surface area contributed by atoms with E-state index in [0.29, 0.717) is 37.4 Å². The topological polar surface area (TPSA) is 105 Å². The third-order valence-electron chi connectivity index (χ3n) is 5.44. The van der Waals surface area contributed by atoms with Crippen molar-refractivity contribution in [3.8, 4) is 5.75 Å². The predicted molar refractivity (Wildman–Crippen MR) is 129 cm³/mol. The number of thioether (sulfide) groups is 1. The molecule has 0 bridgehead atoms. The predicted octanol–water partition coefficient (Wildman–Crippen LogP) is 1.99. The smallest absolute Gasteiger partial charge is 0.326 e. The normalized spacial score (nSPS) is 21.2. The van der Waals surface area contributed by atoms with E-state index in [4.69, 9.17) is 10.5 Å². The maximum Gasteiger partial charge on any atom is 0.326 e. The number of carbonyl (C=O) groups is 2. The molecule has 1 fully saturated rings. The van der Waals surface area contributed by atoms with Crippen LogP contribution in [-0.4, -0.2) is 78.0 Å². The summed E-state index contributed by atoms with van der Waals surface area (Å²) in [7, 11) is 1.64. The average Bonchev–Trinajstić information content (AvgIpc) is 3.20. The van der Waals surface area contributed by atoms with Crippen molar-refractivity contribution in [1.82, 2.24) is 10.2 Å². The Morgan fingerprint density at radius 2 is 2.19 bits per heavy atom. The van der Waals surface area contributed by atoms with E-state index < -0.39 is 18.1 Å². The number of carbonyl (C=O) groups excluding carboxylic acids is 1. The zero-order valence-corrected chi connectivity index (χ0v) is 19.8. The number of ether oxygens (including phenoxy) is 1. The Balaban J connectivity index is 2.19. The highest BCUT2D eigenvalue weighted by molar-refractivity contribution is 7.98. The van der Waals surface area contributed by atoms with Gasteiger partial charge in [0.2, 0.25) is 5.91 Å². The average molecular weight is 468 g/mol. The number of hydrogen-bond donors (Lipinski definition) is 4. The van der Waals surface area contributed by atoms with Crippen LogP contribution in [0.5, 0.6) is 5.75 Å². The maximum atomic E-state index is 13.1. The third-order valence-corrected chi connectivity index (χ3v) is 6.51. The molecule has 0 spiro atoms. The molecule has 7 nitrogen and oxygen atoms in total. The molecule has 1 amide bonds. The van der Waals surface area contributed by atoms with E-state index in [2.05, 4.69) is 22.8 Å². The van der Waals surface area contributed by atoms with E-state index in [9.17, 15) is 14.7 Å². The molecule has 0 aromatic heterocycles. The molecule has 172 valence electrons. The Labute approximate surface area is 194 Å². The summed E-state index contributed by atoms with van der Waals surface area (Å²) in [5, 5.41) is 12.2. The number of nitrogens with two attached hydrogens (primary N) is 1. The van der Waals surface area contributed by atoms with Crippen LogP contribution in [0.25, 0.3) is 0 Å². The number of aliphatic carboxylic acids is 1. The van der Waals surface area contributed by atoms with Crippen LogP contribution in [0.15, 0.2) is 36.4 Å². The summed E-state index contributed by atoms with van der Waals surface area (Å²) in [5.41, 5.74) is 6.96. The molecule has 2 rings (SSSR count). The first-order valence-electron chi connectivity index (χ1n) is 10.3. The van der Waals surface area contributed by atoms with Gasteiger partial charge >= 0.3 is 5.97 Å². The van der Waals surface area contributed by atoms with Crippen molar-refractivity contribution in [2.24, 2.45) is 5.73 Å². The molecule has 1 heterocycles. The first kappa shape index (κ1) is 25.6. The quantitative estimate of drug-likeness (QED) is 0.275. The number of para-hydroxylation sites is 1. The fourth-order valence-corrected chi connectivity index (χ4v) is 4.39.